The summed E-state index contributed by atoms with van der Waals surface area (Å²) in [5.41, 5.74) is 0. The van der Waals surface area contributed by atoms with E-state index in [1.807, 2.05) is 0 Å². The van der Waals surface area contributed by atoms with Crippen LogP contribution in [0.4, 0.5) is 0 Å². The summed E-state index contributed by atoms with van der Waals surface area (Å²) in [6.45, 7) is 9.37. The van der Waals surface area contributed by atoms with Gasteiger partial charge >= 0.3 is 0 Å². The molecule has 1 rings (SSSR count). The minimum absolute atomic E-state index is 0.204. The second-order valence-corrected chi connectivity index (χ2v) is 5.39. The molecule has 1 saturated heterocycles. The lowest BCUT2D eigenvalue weighted by molar-refractivity contribution is 0.0874. The van der Waals surface area contributed by atoms with E-state index in [0.717, 1.165) is 32.0 Å². The molecule has 0 amide bonds. The predicted octanol–water partition coefficient (Wildman–Crippen LogP) is 1.86. The summed E-state index contributed by atoms with van der Waals surface area (Å²) in [6, 6.07) is 0. The molecule has 1 aliphatic rings. The van der Waals surface area contributed by atoms with E-state index in [-0.39, 0.29) is 6.10 Å². The largest absolute Gasteiger partial charge is 0.390 e. The predicted molar refractivity (Wildman–Crippen MR) is 73.2 cm³/mol. The molecule has 1 atom stereocenters. The molecule has 3 heteroatoms. The monoisotopic (exact) mass is 242 g/mol. The number of rotatable bonds is 8. The molecule has 0 aromatic rings. The molecule has 0 radical (unpaired) electrons. The van der Waals surface area contributed by atoms with Crippen LogP contribution in [0.2, 0.25) is 0 Å². The van der Waals surface area contributed by atoms with Crippen molar-refractivity contribution in [3.8, 4) is 0 Å². The van der Waals surface area contributed by atoms with Crippen molar-refractivity contribution in [2.24, 2.45) is 5.92 Å². The molecular weight excluding hydrogens is 212 g/mol. The first-order chi connectivity index (χ1) is 8.26. The fourth-order valence-corrected chi connectivity index (χ4v) is 2.67. The second-order valence-electron chi connectivity index (χ2n) is 5.39. The third-order valence-corrected chi connectivity index (χ3v) is 3.68. The fraction of sp³-hybridized carbons (Fsp3) is 1.00. The first kappa shape index (κ1) is 14.9. The molecule has 0 aromatic heterocycles. The topological polar surface area (TPSA) is 35.5 Å². The summed E-state index contributed by atoms with van der Waals surface area (Å²) in [5.74, 6) is 0.937. The zero-order valence-corrected chi connectivity index (χ0v) is 11.6. The highest BCUT2D eigenvalue weighted by Crippen LogP contribution is 2.21. The van der Waals surface area contributed by atoms with E-state index in [2.05, 4.69) is 24.1 Å². The van der Waals surface area contributed by atoms with Gasteiger partial charge in [0, 0.05) is 13.1 Å². The van der Waals surface area contributed by atoms with Gasteiger partial charge in [0.1, 0.15) is 0 Å². The Bertz CT molecular complexity index is 179. The number of nitrogens with one attached hydrogen (secondary N) is 1. The Labute approximate surface area is 107 Å². The molecule has 1 fully saturated rings. The Balaban J connectivity index is 2.08. The Kier molecular flexibility index (Phi) is 7.82. The van der Waals surface area contributed by atoms with Crippen LogP contribution in [0.25, 0.3) is 0 Å². The van der Waals surface area contributed by atoms with E-state index in [1.165, 1.54) is 38.8 Å². The summed E-state index contributed by atoms with van der Waals surface area (Å²) in [7, 11) is 0. The van der Waals surface area contributed by atoms with Crippen molar-refractivity contribution in [2.45, 2.75) is 52.1 Å². The molecule has 1 aliphatic heterocycles. The number of likely N-dealkylation sites (tertiary alicyclic amines) is 1. The van der Waals surface area contributed by atoms with Crippen molar-refractivity contribution in [3.63, 3.8) is 0 Å². The molecule has 2 N–H and O–H groups in total. The molecule has 102 valence electrons. The third kappa shape index (κ3) is 6.39. The van der Waals surface area contributed by atoms with E-state index in [0.29, 0.717) is 0 Å². The first-order valence-electron chi connectivity index (χ1n) is 7.37. The molecule has 0 saturated carbocycles. The minimum atomic E-state index is -0.204. The number of hydrogen-bond acceptors (Lipinski definition) is 3. The summed E-state index contributed by atoms with van der Waals surface area (Å²) < 4.78 is 0. The highest BCUT2D eigenvalue weighted by Gasteiger charge is 2.19. The van der Waals surface area contributed by atoms with Crippen LogP contribution >= 0.6 is 0 Å². The smallest absolute Gasteiger partial charge is 0.0791 e. The number of β-amino-alcohol motifs (C(OH)–C–C–N with tert-alkyl or cyclic N) is 1. The summed E-state index contributed by atoms with van der Waals surface area (Å²) in [5, 5.41) is 13.2. The van der Waals surface area contributed by atoms with Gasteiger partial charge in [-0.15, -0.1) is 0 Å². The Hall–Kier alpha value is -0.120. The SMILES string of the molecule is CCCNCC(O)CN1CCC(CCC)CC1. The van der Waals surface area contributed by atoms with Crippen LogP contribution in [0.3, 0.4) is 0 Å². The highest BCUT2D eigenvalue weighted by molar-refractivity contribution is 4.74. The van der Waals surface area contributed by atoms with Crippen molar-refractivity contribution in [3.05, 3.63) is 0 Å². The normalized spacial score (nSPS) is 20.6. The summed E-state index contributed by atoms with van der Waals surface area (Å²) in [4.78, 5) is 2.42. The van der Waals surface area contributed by atoms with E-state index < -0.39 is 0 Å². The van der Waals surface area contributed by atoms with Crippen LogP contribution in [0.1, 0.15) is 46.0 Å². The summed E-state index contributed by atoms with van der Waals surface area (Å²) >= 11 is 0. The highest BCUT2D eigenvalue weighted by atomic mass is 16.3. The van der Waals surface area contributed by atoms with Gasteiger partial charge in [0.2, 0.25) is 0 Å². The molecule has 17 heavy (non-hydrogen) atoms. The molecule has 3 nitrogen and oxygen atoms in total. The van der Waals surface area contributed by atoms with Crippen molar-refractivity contribution < 1.29 is 5.11 Å². The summed E-state index contributed by atoms with van der Waals surface area (Å²) in [6.07, 6.45) is 6.27. The van der Waals surface area contributed by atoms with Gasteiger partial charge in [0.25, 0.3) is 0 Å². The lowest BCUT2D eigenvalue weighted by Crippen LogP contribution is -2.42. The molecule has 1 unspecified atom stereocenters. The molecule has 0 aromatic carbocycles. The van der Waals surface area contributed by atoms with Gasteiger partial charge in [-0.05, 0) is 44.8 Å². The van der Waals surface area contributed by atoms with Crippen LogP contribution in [-0.4, -0.2) is 48.8 Å². The van der Waals surface area contributed by atoms with Gasteiger partial charge < -0.3 is 15.3 Å². The van der Waals surface area contributed by atoms with Gasteiger partial charge in [0.05, 0.1) is 6.10 Å². The Morgan fingerprint density at radius 3 is 2.53 bits per heavy atom. The Morgan fingerprint density at radius 2 is 1.94 bits per heavy atom. The van der Waals surface area contributed by atoms with Gasteiger partial charge in [-0.25, -0.2) is 0 Å². The van der Waals surface area contributed by atoms with Crippen molar-refractivity contribution >= 4 is 0 Å². The molecule has 0 bridgehead atoms. The van der Waals surface area contributed by atoms with Gasteiger partial charge in [-0.2, -0.15) is 0 Å². The number of aliphatic hydroxyl groups is 1. The fourth-order valence-electron chi connectivity index (χ4n) is 2.67. The zero-order chi connectivity index (χ0) is 12.5. The molecule has 0 spiro atoms. The first-order valence-corrected chi connectivity index (χ1v) is 7.37. The van der Waals surface area contributed by atoms with Gasteiger partial charge in [-0.1, -0.05) is 26.7 Å². The van der Waals surface area contributed by atoms with E-state index in [4.69, 9.17) is 0 Å². The number of hydrogen-bond donors (Lipinski definition) is 2. The number of piperidine rings is 1. The van der Waals surface area contributed by atoms with Crippen molar-refractivity contribution in [1.82, 2.24) is 10.2 Å². The molecular formula is C14H30N2O. The minimum Gasteiger partial charge on any atom is -0.390 e. The zero-order valence-electron chi connectivity index (χ0n) is 11.6. The maximum absolute atomic E-state index is 9.89. The van der Waals surface area contributed by atoms with E-state index in [1.54, 1.807) is 0 Å². The van der Waals surface area contributed by atoms with Gasteiger partial charge in [-0.3, -0.25) is 0 Å². The third-order valence-electron chi connectivity index (χ3n) is 3.68. The van der Waals surface area contributed by atoms with Crippen LogP contribution in [0.5, 0.6) is 0 Å². The quantitative estimate of drug-likeness (QED) is 0.638. The van der Waals surface area contributed by atoms with E-state index in [9.17, 15) is 5.11 Å². The standard InChI is InChI=1S/C14H30N2O/c1-3-5-13-6-9-16(10-7-13)12-14(17)11-15-8-4-2/h13-15,17H,3-12H2,1-2H3. The second kappa shape index (κ2) is 8.90. The number of nitrogens with zero attached hydrogens (tertiary/aromatic N) is 1. The molecule has 0 aliphatic carbocycles. The van der Waals surface area contributed by atoms with Gasteiger partial charge in [0.15, 0.2) is 0 Å². The van der Waals surface area contributed by atoms with Crippen molar-refractivity contribution in [2.75, 3.05) is 32.7 Å². The van der Waals surface area contributed by atoms with Crippen LogP contribution in [0.15, 0.2) is 0 Å². The van der Waals surface area contributed by atoms with E-state index >= 15 is 0 Å². The van der Waals surface area contributed by atoms with Crippen molar-refractivity contribution in [1.29, 1.82) is 0 Å². The lowest BCUT2D eigenvalue weighted by Gasteiger charge is -2.33. The average molecular weight is 242 g/mol. The lowest BCUT2D eigenvalue weighted by atomic mass is 9.92. The molecule has 1 heterocycles. The maximum atomic E-state index is 9.89. The maximum Gasteiger partial charge on any atom is 0.0791 e. The van der Waals surface area contributed by atoms with Crippen LogP contribution in [0, 0.1) is 5.92 Å². The number of aliphatic hydroxyl groups excluding tert-OH is 1. The Morgan fingerprint density at radius 1 is 1.24 bits per heavy atom. The average Bonchev–Trinajstić information content (AvgIpc) is 2.32. The van der Waals surface area contributed by atoms with Crippen LogP contribution in [-0.2, 0) is 0 Å². The van der Waals surface area contributed by atoms with Crippen LogP contribution < -0.4 is 5.32 Å².